The number of amides is 3. The third-order valence-electron chi connectivity index (χ3n) is 6.64. The van der Waals surface area contributed by atoms with Crippen molar-refractivity contribution in [1.29, 1.82) is 0 Å². The van der Waals surface area contributed by atoms with Crippen LogP contribution >= 0.6 is 0 Å². The number of benzene rings is 1. The molecule has 3 heterocycles. The summed E-state index contributed by atoms with van der Waals surface area (Å²) in [4.78, 5) is 62.7. The summed E-state index contributed by atoms with van der Waals surface area (Å²) < 4.78 is 5.42. The Hall–Kier alpha value is -4.22. The average molecular weight is 525 g/mol. The minimum absolute atomic E-state index is 0.0711. The van der Waals surface area contributed by atoms with Crippen LogP contribution in [0.2, 0.25) is 0 Å². The maximum absolute atomic E-state index is 12.4. The van der Waals surface area contributed by atoms with Crippen molar-refractivity contribution in [3.63, 3.8) is 0 Å². The topological polar surface area (TPSA) is 145 Å². The van der Waals surface area contributed by atoms with Gasteiger partial charge in [0.1, 0.15) is 17.5 Å². The number of hydrogen-bond acceptors (Lipinski definition) is 9. The number of carboxylic acids is 1. The highest BCUT2D eigenvalue weighted by atomic mass is 16.6. The number of anilines is 3. The number of nitrogens with zero attached hydrogens (tertiary/aromatic N) is 5. The van der Waals surface area contributed by atoms with Gasteiger partial charge in [-0.2, -0.15) is 4.98 Å². The Labute approximate surface area is 220 Å². The third-order valence-corrected chi connectivity index (χ3v) is 6.64. The number of rotatable bonds is 10. The average Bonchev–Trinajstić information content (AvgIpc) is 3.56. The molecule has 0 bridgehead atoms. The molecule has 1 atom stereocenters. The molecule has 1 aromatic heterocycles. The van der Waals surface area contributed by atoms with E-state index in [1.807, 2.05) is 18.7 Å². The number of hydrogen-bond donors (Lipinski definition) is 2. The lowest BCUT2D eigenvalue weighted by Gasteiger charge is -2.24. The molecular weight excluding hydrogens is 492 g/mol. The van der Waals surface area contributed by atoms with Crippen LogP contribution < -0.4 is 19.9 Å². The van der Waals surface area contributed by atoms with Crippen LogP contribution in [0.15, 0.2) is 30.5 Å². The first-order chi connectivity index (χ1) is 18.3. The number of aromatic nitrogens is 2. The number of likely N-dealkylation sites (tertiary alicyclic amines) is 1. The van der Waals surface area contributed by atoms with Gasteiger partial charge in [0.15, 0.2) is 5.82 Å². The normalized spacial score (nSPS) is 16.1. The van der Waals surface area contributed by atoms with Gasteiger partial charge < -0.3 is 25.0 Å². The summed E-state index contributed by atoms with van der Waals surface area (Å²) in [6, 6.07) is 5.51. The molecule has 4 rings (SSSR count). The third kappa shape index (κ3) is 6.01. The molecule has 0 spiro atoms. The quantitative estimate of drug-likeness (QED) is 0.445. The summed E-state index contributed by atoms with van der Waals surface area (Å²) in [6.45, 7) is 6.47. The molecule has 2 aromatic rings. The molecule has 12 heteroatoms. The molecule has 0 radical (unpaired) electrons. The Kier molecular flexibility index (Phi) is 8.39. The smallest absolute Gasteiger partial charge is 0.415 e. The zero-order valence-corrected chi connectivity index (χ0v) is 21.6. The van der Waals surface area contributed by atoms with E-state index < -0.39 is 18.1 Å². The first-order valence-electron chi connectivity index (χ1n) is 12.8. The highest BCUT2D eigenvalue weighted by Gasteiger charge is 2.34. The molecule has 1 aromatic carbocycles. The van der Waals surface area contributed by atoms with E-state index in [4.69, 9.17) is 4.74 Å². The molecule has 12 nitrogen and oxygen atoms in total. The maximum Gasteiger partial charge on any atom is 0.415 e. The number of aliphatic carboxylic acids is 1. The van der Waals surface area contributed by atoms with Crippen LogP contribution in [-0.4, -0.2) is 76.1 Å². The predicted molar refractivity (Wildman–Crippen MR) is 139 cm³/mol. The molecule has 2 aliphatic rings. The lowest BCUT2D eigenvalue weighted by molar-refractivity contribution is -0.137. The van der Waals surface area contributed by atoms with E-state index in [1.165, 1.54) is 6.20 Å². The van der Waals surface area contributed by atoms with Crippen molar-refractivity contribution in [1.82, 2.24) is 14.9 Å². The Morgan fingerprint density at radius 1 is 1.08 bits per heavy atom. The fourth-order valence-electron chi connectivity index (χ4n) is 4.50. The zero-order chi connectivity index (χ0) is 27.2. The van der Waals surface area contributed by atoms with Crippen LogP contribution in [-0.2, 0) is 20.8 Å². The number of nitrogens with one attached hydrogen (secondary N) is 1. The van der Waals surface area contributed by atoms with Gasteiger partial charge in [-0.1, -0.05) is 12.1 Å². The fraction of sp³-hybridized carbons (Fsp3) is 0.462. The van der Waals surface area contributed by atoms with Crippen molar-refractivity contribution < 1.29 is 29.0 Å². The summed E-state index contributed by atoms with van der Waals surface area (Å²) in [7, 11) is 0. The van der Waals surface area contributed by atoms with Crippen molar-refractivity contribution >= 4 is 41.3 Å². The number of carbonyl (C=O) groups is 4. The van der Waals surface area contributed by atoms with Crippen molar-refractivity contribution in [2.45, 2.75) is 52.0 Å². The van der Waals surface area contributed by atoms with Crippen LogP contribution in [0.5, 0.6) is 5.75 Å². The molecule has 38 heavy (non-hydrogen) atoms. The molecular formula is C26H32N6O6. The second kappa shape index (κ2) is 11.9. The van der Waals surface area contributed by atoms with Crippen LogP contribution in [0, 0.1) is 0 Å². The van der Waals surface area contributed by atoms with Gasteiger partial charge in [0.25, 0.3) is 0 Å². The molecule has 2 N–H and O–H groups in total. The molecule has 0 unspecified atom stereocenters. The van der Waals surface area contributed by atoms with Crippen LogP contribution in [0.1, 0.15) is 45.1 Å². The molecule has 2 aliphatic heterocycles. The second-order valence-corrected chi connectivity index (χ2v) is 9.14. The molecule has 0 aliphatic carbocycles. The van der Waals surface area contributed by atoms with E-state index in [1.54, 1.807) is 29.2 Å². The predicted octanol–water partition coefficient (Wildman–Crippen LogP) is 2.68. The fourth-order valence-corrected chi connectivity index (χ4v) is 4.50. The van der Waals surface area contributed by atoms with Gasteiger partial charge in [-0.15, -0.1) is 0 Å². The van der Waals surface area contributed by atoms with E-state index in [0.717, 1.165) is 17.7 Å². The van der Waals surface area contributed by atoms with E-state index in [2.05, 4.69) is 15.3 Å². The SMILES string of the molecule is CCN(CC)c1ncc(N2C(=O)CCC2=O)c(N[C@@H](Cc2ccc(OC(=O)N3CCCC3)cc2)C(=O)O)n1. The summed E-state index contributed by atoms with van der Waals surface area (Å²) >= 11 is 0. The molecule has 0 saturated carbocycles. The highest BCUT2D eigenvalue weighted by Crippen LogP contribution is 2.31. The minimum atomic E-state index is -1.14. The van der Waals surface area contributed by atoms with E-state index in [0.29, 0.717) is 43.4 Å². The van der Waals surface area contributed by atoms with Gasteiger partial charge in [0, 0.05) is 45.4 Å². The van der Waals surface area contributed by atoms with E-state index >= 15 is 0 Å². The molecule has 2 fully saturated rings. The van der Waals surface area contributed by atoms with Gasteiger partial charge in [-0.25, -0.2) is 19.5 Å². The summed E-state index contributed by atoms with van der Waals surface area (Å²) in [5, 5.41) is 12.9. The lowest BCUT2D eigenvalue weighted by Crippen LogP contribution is -2.35. The van der Waals surface area contributed by atoms with Crippen LogP contribution in [0.4, 0.5) is 22.2 Å². The summed E-state index contributed by atoms with van der Waals surface area (Å²) in [5.41, 5.74) is 0.808. The number of ether oxygens (including phenoxy) is 1. The Balaban J connectivity index is 1.54. The van der Waals surface area contributed by atoms with E-state index in [-0.39, 0.29) is 42.6 Å². The summed E-state index contributed by atoms with van der Waals surface area (Å²) in [5.74, 6) is -1.09. The van der Waals surface area contributed by atoms with E-state index in [9.17, 15) is 24.3 Å². The number of carbonyl (C=O) groups excluding carboxylic acids is 3. The second-order valence-electron chi connectivity index (χ2n) is 9.14. The zero-order valence-electron chi connectivity index (χ0n) is 21.6. The molecule has 202 valence electrons. The largest absolute Gasteiger partial charge is 0.480 e. The molecule has 2 saturated heterocycles. The first-order valence-corrected chi connectivity index (χ1v) is 12.8. The van der Waals surface area contributed by atoms with Gasteiger partial charge in [-0.3, -0.25) is 9.59 Å². The van der Waals surface area contributed by atoms with Crippen molar-refractivity contribution in [2.75, 3.05) is 41.3 Å². The van der Waals surface area contributed by atoms with Crippen molar-refractivity contribution in [3.05, 3.63) is 36.0 Å². The van der Waals surface area contributed by atoms with Crippen LogP contribution in [0.3, 0.4) is 0 Å². The minimum Gasteiger partial charge on any atom is -0.480 e. The number of carboxylic acid groups (broad SMARTS) is 1. The van der Waals surface area contributed by atoms with Crippen molar-refractivity contribution in [3.8, 4) is 5.75 Å². The van der Waals surface area contributed by atoms with Gasteiger partial charge in [0.05, 0.1) is 6.20 Å². The van der Waals surface area contributed by atoms with Gasteiger partial charge in [0.2, 0.25) is 17.8 Å². The Morgan fingerprint density at radius 2 is 1.71 bits per heavy atom. The van der Waals surface area contributed by atoms with Crippen molar-refractivity contribution in [2.24, 2.45) is 0 Å². The maximum atomic E-state index is 12.4. The number of imide groups is 1. The first kappa shape index (κ1) is 26.8. The Morgan fingerprint density at radius 3 is 2.29 bits per heavy atom. The standard InChI is InChI=1S/C26H32N6O6/c1-3-30(4-2)25-27-16-20(32-21(33)11-12-22(32)34)23(29-25)28-19(24(35)36)15-17-7-9-18(10-8-17)38-26(37)31-13-5-6-14-31/h7-10,16,19H,3-6,11-15H2,1-2H3,(H,35,36)(H,27,28,29)/t19-/m0/s1. The Bertz CT molecular complexity index is 1180. The van der Waals surface area contributed by atoms with Gasteiger partial charge >= 0.3 is 12.1 Å². The van der Waals surface area contributed by atoms with Crippen LogP contribution in [0.25, 0.3) is 0 Å². The van der Waals surface area contributed by atoms with Gasteiger partial charge in [-0.05, 0) is 44.4 Å². The summed E-state index contributed by atoms with van der Waals surface area (Å²) in [6.07, 6.45) is 3.13. The monoisotopic (exact) mass is 524 g/mol. The lowest BCUT2D eigenvalue weighted by atomic mass is 10.1. The molecule has 3 amide bonds. The highest BCUT2D eigenvalue weighted by molar-refractivity contribution is 6.21.